The number of benzene rings is 1. The molecule has 0 radical (unpaired) electrons. The van der Waals surface area contributed by atoms with Crippen molar-refractivity contribution in [3.8, 4) is 29.0 Å². The van der Waals surface area contributed by atoms with Crippen LogP contribution in [-0.4, -0.2) is 28.2 Å². The lowest BCUT2D eigenvalue weighted by Crippen LogP contribution is -2.25. The largest absolute Gasteiger partial charge is 0.497 e. The minimum Gasteiger partial charge on any atom is -0.497 e. The van der Waals surface area contributed by atoms with Crippen molar-refractivity contribution in [1.29, 1.82) is 10.5 Å². The molecule has 34 heavy (non-hydrogen) atoms. The third-order valence-corrected chi connectivity index (χ3v) is 7.94. The van der Waals surface area contributed by atoms with Gasteiger partial charge in [-0.2, -0.15) is 21.9 Å². The molecule has 1 amide bonds. The number of carbonyl (C=O) groups excluding carboxylic acids is 1. The lowest BCUT2D eigenvalue weighted by atomic mass is 9.99. The molecule has 0 aliphatic rings. The lowest BCUT2D eigenvalue weighted by molar-refractivity contribution is -0.115. The number of thiophene rings is 1. The fourth-order valence-electron chi connectivity index (χ4n) is 3.31. The molecule has 3 heterocycles. The summed E-state index contributed by atoms with van der Waals surface area (Å²) >= 11 is 3.95. The van der Waals surface area contributed by atoms with Gasteiger partial charge in [-0.15, -0.1) is 0 Å². The Labute approximate surface area is 208 Å². The van der Waals surface area contributed by atoms with Crippen LogP contribution in [0.15, 0.2) is 40.1 Å². The molecule has 0 fully saturated rings. The first-order valence-corrected chi connectivity index (χ1v) is 12.7. The molecular weight excluding hydrogens is 488 g/mol. The number of nitrogens with one attached hydrogen (secondary N) is 1. The second-order valence-electron chi connectivity index (χ2n) is 7.02. The first-order valence-electron chi connectivity index (χ1n) is 10.1. The van der Waals surface area contributed by atoms with E-state index in [9.17, 15) is 15.3 Å². The number of pyridine rings is 1. The Morgan fingerprint density at radius 3 is 2.71 bits per heavy atom. The number of anilines is 2. The van der Waals surface area contributed by atoms with Gasteiger partial charge in [0, 0.05) is 5.56 Å². The van der Waals surface area contributed by atoms with Crippen LogP contribution in [0, 0.1) is 22.7 Å². The van der Waals surface area contributed by atoms with Crippen LogP contribution in [0.25, 0.3) is 21.3 Å². The fourth-order valence-corrected chi connectivity index (χ4v) is 5.87. The number of amides is 1. The highest BCUT2D eigenvalue weighted by Gasteiger charge is 2.26. The summed E-state index contributed by atoms with van der Waals surface area (Å²) in [5, 5.41) is 26.4. The number of carbonyl (C=O) groups is 1. The van der Waals surface area contributed by atoms with Gasteiger partial charge in [0.25, 0.3) is 0 Å². The zero-order valence-corrected chi connectivity index (χ0v) is 20.6. The number of thiazole rings is 1. The van der Waals surface area contributed by atoms with Gasteiger partial charge in [0.2, 0.25) is 5.91 Å². The maximum Gasteiger partial charge on any atom is 0.239 e. The molecule has 11 heteroatoms. The van der Waals surface area contributed by atoms with E-state index in [0.717, 1.165) is 27.5 Å². The molecule has 8 nitrogen and oxygen atoms in total. The predicted molar refractivity (Wildman–Crippen MR) is 136 cm³/mol. The van der Waals surface area contributed by atoms with Crippen molar-refractivity contribution >= 4 is 61.5 Å². The van der Waals surface area contributed by atoms with Crippen LogP contribution in [0.4, 0.5) is 10.9 Å². The molecule has 0 spiro atoms. The molecule has 0 aliphatic carbocycles. The number of nitrogens with zero attached hydrogens (tertiary/aromatic N) is 4. The quantitative estimate of drug-likeness (QED) is 0.324. The smallest absolute Gasteiger partial charge is 0.239 e. The number of hydrogen-bond acceptors (Lipinski definition) is 10. The second-order valence-corrected chi connectivity index (χ2v) is 10.0. The van der Waals surface area contributed by atoms with E-state index in [1.807, 2.05) is 41.9 Å². The summed E-state index contributed by atoms with van der Waals surface area (Å²) in [6, 6.07) is 11.6. The number of nitrogens with two attached hydrogens (primary N) is 1. The topological polar surface area (TPSA) is 138 Å². The van der Waals surface area contributed by atoms with Gasteiger partial charge in [-0.05, 0) is 47.0 Å². The highest BCUT2D eigenvalue weighted by atomic mass is 32.2. The Bertz CT molecular complexity index is 1450. The van der Waals surface area contributed by atoms with E-state index in [0.29, 0.717) is 27.9 Å². The third-order valence-electron chi connectivity index (χ3n) is 4.97. The molecular formula is C23H18N6O2S3. The molecule has 1 atom stereocenters. The maximum atomic E-state index is 13.1. The standard InChI is InChI=1S/C23H18N6O2S3/c1-3-17(21(30)29-23-27-16-5-4-13(31-2)8-18(16)34-23)33-22-15(10-25)19(12-6-7-32-11-12)14(9-24)20(26)28-22/h4-8,11,17H,3H2,1-2H3,(H2,26,28)(H,27,29,30). The van der Waals surface area contributed by atoms with Crippen molar-refractivity contribution in [2.45, 2.75) is 23.6 Å². The number of thioether (sulfide) groups is 1. The average molecular weight is 507 g/mol. The molecule has 170 valence electrons. The number of hydrogen-bond donors (Lipinski definition) is 2. The van der Waals surface area contributed by atoms with Crippen LogP contribution in [0.2, 0.25) is 0 Å². The number of fused-ring (bicyclic) bond motifs is 1. The van der Waals surface area contributed by atoms with E-state index in [1.165, 1.54) is 22.7 Å². The van der Waals surface area contributed by atoms with Crippen LogP contribution in [0.3, 0.4) is 0 Å². The summed E-state index contributed by atoms with van der Waals surface area (Å²) in [6.45, 7) is 1.87. The third kappa shape index (κ3) is 4.54. The van der Waals surface area contributed by atoms with Crippen molar-refractivity contribution in [3.63, 3.8) is 0 Å². The zero-order valence-electron chi connectivity index (χ0n) is 18.2. The van der Waals surface area contributed by atoms with Crippen molar-refractivity contribution in [1.82, 2.24) is 9.97 Å². The highest BCUT2D eigenvalue weighted by Crippen LogP contribution is 2.38. The van der Waals surface area contributed by atoms with Gasteiger partial charge in [0.15, 0.2) is 5.13 Å². The maximum absolute atomic E-state index is 13.1. The zero-order chi connectivity index (χ0) is 24.2. The van der Waals surface area contributed by atoms with Crippen molar-refractivity contribution in [2.75, 3.05) is 18.2 Å². The fraction of sp³-hybridized carbons (Fsp3) is 0.174. The number of nitrogen functional groups attached to an aromatic ring is 1. The molecule has 4 aromatic rings. The normalized spacial score (nSPS) is 11.5. The Kier molecular flexibility index (Phi) is 6.98. The monoisotopic (exact) mass is 506 g/mol. The molecule has 3 aromatic heterocycles. The predicted octanol–water partition coefficient (Wildman–Crippen LogP) is 5.26. The van der Waals surface area contributed by atoms with E-state index in [1.54, 1.807) is 7.11 Å². The van der Waals surface area contributed by atoms with E-state index in [2.05, 4.69) is 27.4 Å². The molecule has 0 saturated carbocycles. The molecule has 0 saturated heterocycles. The molecule has 3 N–H and O–H groups in total. The number of aromatic nitrogens is 2. The summed E-state index contributed by atoms with van der Waals surface area (Å²) in [5.41, 5.74) is 8.38. The molecule has 0 bridgehead atoms. The first kappa shape index (κ1) is 23.5. The summed E-state index contributed by atoms with van der Waals surface area (Å²) < 4.78 is 6.14. The van der Waals surface area contributed by atoms with Gasteiger partial charge >= 0.3 is 0 Å². The first-order chi connectivity index (χ1) is 16.5. The van der Waals surface area contributed by atoms with Gasteiger partial charge in [-0.25, -0.2) is 9.97 Å². The summed E-state index contributed by atoms with van der Waals surface area (Å²) in [5.74, 6) is 0.482. The van der Waals surface area contributed by atoms with Gasteiger partial charge < -0.3 is 15.8 Å². The van der Waals surface area contributed by atoms with Gasteiger partial charge in [0.05, 0.1) is 28.1 Å². The summed E-state index contributed by atoms with van der Waals surface area (Å²) in [6.07, 6.45) is 0.482. The van der Waals surface area contributed by atoms with Gasteiger partial charge in [-0.3, -0.25) is 4.79 Å². The van der Waals surface area contributed by atoms with Crippen LogP contribution >= 0.6 is 34.4 Å². The van der Waals surface area contributed by atoms with Crippen molar-refractivity contribution < 1.29 is 9.53 Å². The van der Waals surface area contributed by atoms with E-state index in [-0.39, 0.29) is 22.9 Å². The number of rotatable bonds is 7. The number of methoxy groups -OCH3 is 1. The van der Waals surface area contributed by atoms with Crippen molar-refractivity contribution in [3.05, 3.63) is 46.2 Å². The molecule has 1 aromatic carbocycles. The summed E-state index contributed by atoms with van der Waals surface area (Å²) in [7, 11) is 1.59. The minimum atomic E-state index is -0.552. The Hall–Kier alpha value is -3.64. The molecule has 0 aliphatic heterocycles. The Morgan fingerprint density at radius 2 is 2.06 bits per heavy atom. The van der Waals surface area contributed by atoms with Crippen LogP contribution in [0.1, 0.15) is 24.5 Å². The average Bonchev–Trinajstić information content (AvgIpc) is 3.51. The lowest BCUT2D eigenvalue weighted by Gasteiger charge is -2.16. The number of ether oxygens (including phenoxy) is 1. The van der Waals surface area contributed by atoms with Gasteiger partial charge in [-0.1, -0.05) is 30.0 Å². The second kappa shape index (κ2) is 10.1. The number of nitriles is 2. The highest BCUT2D eigenvalue weighted by molar-refractivity contribution is 8.00. The van der Waals surface area contributed by atoms with Crippen molar-refractivity contribution in [2.24, 2.45) is 0 Å². The van der Waals surface area contributed by atoms with Crippen LogP contribution in [-0.2, 0) is 4.79 Å². The minimum absolute atomic E-state index is 0.0283. The molecule has 1 unspecified atom stereocenters. The van der Waals surface area contributed by atoms with E-state index in [4.69, 9.17) is 10.5 Å². The Balaban J connectivity index is 1.64. The van der Waals surface area contributed by atoms with Crippen LogP contribution < -0.4 is 15.8 Å². The Morgan fingerprint density at radius 1 is 1.26 bits per heavy atom. The van der Waals surface area contributed by atoms with E-state index >= 15 is 0 Å². The summed E-state index contributed by atoms with van der Waals surface area (Å²) in [4.78, 5) is 21.9. The molecule has 4 rings (SSSR count). The van der Waals surface area contributed by atoms with Crippen LogP contribution in [0.5, 0.6) is 5.75 Å². The van der Waals surface area contributed by atoms with E-state index < -0.39 is 5.25 Å². The SMILES string of the molecule is CCC(Sc1nc(N)c(C#N)c(-c2ccsc2)c1C#N)C(=O)Nc1nc2ccc(OC)cc2s1. The van der Waals surface area contributed by atoms with Gasteiger partial charge in [0.1, 0.15) is 34.3 Å².